The minimum Gasteiger partial charge on any atom is -0.334 e. The minimum absolute atomic E-state index is 0. The average Bonchev–Trinajstić information content (AvgIpc) is 2.97. The van der Waals surface area contributed by atoms with E-state index in [0.717, 1.165) is 31.7 Å². The fourth-order valence-corrected chi connectivity index (χ4v) is 2.98. The van der Waals surface area contributed by atoms with E-state index in [2.05, 4.69) is 0 Å². The van der Waals surface area contributed by atoms with Gasteiger partial charge in [0.15, 0.2) is 0 Å². The Morgan fingerprint density at radius 2 is 1.87 bits per heavy atom. The summed E-state index contributed by atoms with van der Waals surface area (Å²) in [6, 6.07) is 4.68. The molecular weight excluding hydrogens is 329 g/mol. The van der Waals surface area contributed by atoms with E-state index in [0.29, 0.717) is 0 Å². The van der Waals surface area contributed by atoms with Crippen molar-refractivity contribution in [3.05, 3.63) is 35.4 Å². The van der Waals surface area contributed by atoms with Gasteiger partial charge in [-0.15, -0.1) is 12.4 Å². The number of halogens is 4. The van der Waals surface area contributed by atoms with Crippen molar-refractivity contribution >= 4 is 18.3 Å². The van der Waals surface area contributed by atoms with Gasteiger partial charge in [0.1, 0.15) is 0 Å². The third-order valence-corrected chi connectivity index (χ3v) is 4.10. The van der Waals surface area contributed by atoms with E-state index < -0.39 is 17.8 Å². The molecule has 0 spiro atoms. The summed E-state index contributed by atoms with van der Waals surface area (Å²) in [6.45, 7) is 1.53. The lowest BCUT2D eigenvalue weighted by atomic mass is 10.0. The number of hydrogen-bond acceptors (Lipinski definition) is 2. The van der Waals surface area contributed by atoms with E-state index in [1.807, 2.05) is 0 Å². The van der Waals surface area contributed by atoms with Crippen LogP contribution in [0.15, 0.2) is 24.3 Å². The van der Waals surface area contributed by atoms with Gasteiger partial charge in [0.05, 0.1) is 11.6 Å². The molecule has 2 rings (SSSR count). The molecule has 1 atom stereocenters. The van der Waals surface area contributed by atoms with E-state index in [9.17, 15) is 18.0 Å². The van der Waals surface area contributed by atoms with E-state index in [4.69, 9.17) is 5.73 Å². The van der Waals surface area contributed by atoms with Crippen LogP contribution in [0.25, 0.3) is 0 Å². The first-order chi connectivity index (χ1) is 10.3. The van der Waals surface area contributed by atoms with Crippen LogP contribution in [0, 0.1) is 0 Å². The molecule has 3 nitrogen and oxygen atoms in total. The first-order valence-electron chi connectivity index (χ1n) is 7.52. The Morgan fingerprint density at radius 1 is 1.30 bits per heavy atom. The van der Waals surface area contributed by atoms with Gasteiger partial charge in [-0.1, -0.05) is 31.0 Å². The summed E-state index contributed by atoms with van der Waals surface area (Å²) in [5, 5.41) is 0. The third-order valence-electron chi connectivity index (χ3n) is 4.10. The summed E-state index contributed by atoms with van der Waals surface area (Å²) in [6.07, 6.45) is -0.781. The Balaban J connectivity index is 0.00000264. The molecule has 0 aliphatic heterocycles. The summed E-state index contributed by atoms with van der Waals surface area (Å²) in [5.74, 6) is -0.288. The third kappa shape index (κ3) is 4.85. The minimum atomic E-state index is -4.42. The number of amides is 1. The summed E-state index contributed by atoms with van der Waals surface area (Å²) in [4.78, 5) is 13.8. The van der Waals surface area contributed by atoms with Crippen molar-refractivity contribution in [1.29, 1.82) is 0 Å². The van der Waals surface area contributed by atoms with Gasteiger partial charge >= 0.3 is 6.18 Å². The predicted molar refractivity (Wildman–Crippen MR) is 85.1 cm³/mol. The Bertz CT molecular complexity index is 528. The molecule has 1 aliphatic rings. The molecule has 1 aromatic rings. The molecule has 0 bridgehead atoms. The van der Waals surface area contributed by atoms with Crippen LogP contribution >= 0.6 is 12.4 Å². The summed E-state index contributed by atoms with van der Waals surface area (Å²) >= 11 is 0. The lowest BCUT2D eigenvalue weighted by Crippen LogP contribution is -2.46. The molecule has 1 saturated carbocycles. The highest BCUT2D eigenvalue weighted by Crippen LogP contribution is 2.33. The highest BCUT2D eigenvalue weighted by atomic mass is 35.5. The highest BCUT2D eigenvalue weighted by molar-refractivity contribution is 5.85. The zero-order valence-electron chi connectivity index (χ0n) is 13.0. The number of benzene rings is 1. The zero-order valence-corrected chi connectivity index (χ0v) is 13.8. The molecule has 1 aliphatic carbocycles. The lowest BCUT2D eigenvalue weighted by Gasteiger charge is -2.31. The van der Waals surface area contributed by atoms with Gasteiger partial charge in [0, 0.05) is 12.6 Å². The number of nitrogens with zero attached hydrogens (tertiary/aromatic N) is 1. The van der Waals surface area contributed by atoms with Crippen LogP contribution in [0.4, 0.5) is 13.2 Å². The maximum atomic E-state index is 13.1. The average molecular weight is 351 g/mol. The second-order valence-corrected chi connectivity index (χ2v) is 5.85. The molecule has 1 amide bonds. The molecule has 7 heteroatoms. The fraction of sp³-hybridized carbons (Fsp3) is 0.562. The molecule has 0 radical (unpaired) electrons. The van der Waals surface area contributed by atoms with Crippen LogP contribution in [0.2, 0.25) is 0 Å². The molecule has 2 N–H and O–H groups in total. The maximum Gasteiger partial charge on any atom is 0.416 e. The lowest BCUT2D eigenvalue weighted by molar-refractivity contribution is -0.141. The molecule has 0 unspecified atom stereocenters. The SMILES string of the molecule is C[C@H](N)C(=O)N(Cc1ccccc1C(F)(F)F)C1CCCC1.Cl. The quantitative estimate of drug-likeness (QED) is 0.899. The van der Waals surface area contributed by atoms with Crippen LogP contribution < -0.4 is 5.73 Å². The number of alkyl halides is 3. The van der Waals surface area contributed by atoms with Crippen LogP contribution in [0.5, 0.6) is 0 Å². The summed E-state index contributed by atoms with van der Waals surface area (Å²) < 4.78 is 39.3. The molecule has 0 heterocycles. The second kappa shape index (κ2) is 8.02. The van der Waals surface area contributed by atoms with Crippen LogP contribution in [-0.4, -0.2) is 22.9 Å². The van der Waals surface area contributed by atoms with Gasteiger partial charge in [-0.3, -0.25) is 4.79 Å². The number of hydrogen-bond donors (Lipinski definition) is 1. The molecule has 1 aromatic carbocycles. The Labute approximate surface area is 140 Å². The standard InChI is InChI=1S/C16H21F3N2O.ClH/c1-11(20)15(22)21(13-7-3-4-8-13)10-12-6-2-5-9-14(12)16(17,18)19;/h2,5-6,9,11,13H,3-4,7-8,10,20H2,1H3;1H/t11-;/m0./s1. The molecular formula is C16H22ClF3N2O. The second-order valence-electron chi connectivity index (χ2n) is 5.85. The van der Waals surface area contributed by atoms with Crippen LogP contribution in [0.1, 0.15) is 43.7 Å². The number of nitrogens with two attached hydrogens (primary N) is 1. The van der Waals surface area contributed by atoms with Gasteiger partial charge in [-0.05, 0) is 31.4 Å². The number of rotatable bonds is 4. The Hall–Kier alpha value is -1.27. The van der Waals surface area contributed by atoms with Crippen molar-refractivity contribution in [3.63, 3.8) is 0 Å². The van der Waals surface area contributed by atoms with Gasteiger partial charge in [0.2, 0.25) is 5.91 Å². The Kier molecular flexibility index (Phi) is 6.89. The first-order valence-corrected chi connectivity index (χ1v) is 7.52. The summed E-state index contributed by atoms with van der Waals surface area (Å²) in [7, 11) is 0. The van der Waals surface area contributed by atoms with Gasteiger partial charge in [0.25, 0.3) is 0 Å². The summed E-state index contributed by atoms with van der Waals surface area (Å²) in [5.41, 5.74) is 5.10. The van der Waals surface area contributed by atoms with E-state index in [-0.39, 0.29) is 36.5 Å². The maximum absolute atomic E-state index is 13.1. The Morgan fingerprint density at radius 3 is 2.39 bits per heavy atom. The van der Waals surface area contributed by atoms with Gasteiger partial charge < -0.3 is 10.6 Å². The van der Waals surface area contributed by atoms with Crippen molar-refractivity contribution in [1.82, 2.24) is 4.90 Å². The number of carbonyl (C=O) groups excluding carboxylic acids is 1. The van der Waals surface area contributed by atoms with Crippen molar-refractivity contribution in [2.75, 3.05) is 0 Å². The van der Waals surface area contributed by atoms with Gasteiger partial charge in [-0.2, -0.15) is 13.2 Å². The molecule has 130 valence electrons. The van der Waals surface area contributed by atoms with Crippen molar-refractivity contribution in [3.8, 4) is 0 Å². The predicted octanol–water partition coefficient (Wildman–Crippen LogP) is 3.75. The normalized spacial score (nSPS) is 16.7. The van der Waals surface area contributed by atoms with Crippen LogP contribution in [-0.2, 0) is 17.5 Å². The molecule has 23 heavy (non-hydrogen) atoms. The highest BCUT2D eigenvalue weighted by Gasteiger charge is 2.35. The van der Waals surface area contributed by atoms with Crippen molar-refractivity contribution in [2.45, 2.75) is 57.4 Å². The molecule has 1 fully saturated rings. The first kappa shape index (κ1) is 19.8. The topological polar surface area (TPSA) is 46.3 Å². The van der Waals surface area contributed by atoms with Crippen molar-refractivity contribution in [2.24, 2.45) is 5.73 Å². The van der Waals surface area contributed by atoms with Crippen molar-refractivity contribution < 1.29 is 18.0 Å². The van der Waals surface area contributed by atoms with E-state index in [1.165, 1.54) is 17.0 Å². The monoisotopic (exact) mass is 350 g/mol. The number of carbonyl (C=O) groups is 1. The fourth-order valence-electron chi connectivity index (χ4n) is 2.98. The van der Waals surface area contributed by atoms with E-state index in [1.54, 1.807) is 13.0 Å². The molecule has 0 saturated heterocycles. The zero-order chi connectivity index (χ0) is 16.3. The smallest absolute Gasteiger partial charge is 0.334 e. The van der Waals surface area contributed by atoms with Crippen LogP contribution in [0.3, 0.4) is 0 Å². The van der Waals surface area contributed by atoms with E-state index >= 15 is 0 Å². The largest absolute Gasteiger partial charge is 0.416 e. The van der Waals surface area contributed by atoms with Gasteiger partial charge in [-0.25, -0.2) is 0 Å². The molecule has 0 aromatic heterocycles.